The van der Waals surface area contributed by atoms with E-state index in [4.69, 9.17) is 4.74 Å². The van der Waals surface area contributed by atoms with Crippen LogP contribution in [0.25, 0.3) is 0 Å². The lowest BCUT2D eigenvalue weighted by Gasteiger charge is -2.42. The van der Waals surface area contributed by atoms with E-state index < -0.39 is 16.6 Å². The number of carbonyl (C=O) groups excluding carboxylic acids is 1. The van der Waals surface area contributed by atoms with E-state index >= 15 is 0 Å². The Morgan fingerprint density at radius 3 is 2.45 bits per heavy atom. The number of hydrogen-bond acceptors (Lipinski definition) is 6. The standard InChI is InChI=1S/C20H23BrN4O4/c1-19(2,3)24-18(26)29-20(9-4-10-20)13-5-7-15(8-6-13)23-17-16(25(27)28)11-14(21)12-22-17/h5-8,11-12H,4,9-10H2,1-3H3,(H,22,23)(H,24,26). The van der Waals surface area contributed by atoms with Crippen molar-refractivity contribution >= 4 is 39.2 Å². The maximum absolute atomic E-state index is 12.3. The highest BCUT2D eigenvalue weighted by Crippen LogP contribution is 2.45. The number of hydrogen-bond donors (Lipinski definition) is 2. The number of aromatic nitrogens is 1. The first-order valence-corrected chi connectivity index (χ1v) is 10.1. The molecule has 1 amide bonds. The molecule has 1 heterocycles. The van der Waals surface area contributed by atoms with E-state index in [2.05, 4.69) is 31.5 Å². The van der Waals surface area contributed by atoms with Crippen LogP contribution < -0.4 is 10.6 Å². The number of benzene rings is 1. The van der Waals surface area contributed by atoms with Gasteiger partial charge >= 0.3 is 11.8 Å². The maximum Gasteiger partial charge on any atom is 0.408 e. The lowest BCUT2D eigenvalue weighted by atomic mass is 9.75. The van der Waals surface area contributed by atoms with E-state index in [1.54, 1.807) is 12.1 Å². The van der Waals surface area contributed by atoms with Crippen LogP contribution in [0.15, 0.2) is 41.0 Å². The van der Waals surface area contributed by atoms with Gasteiger partial charge in [-0.25, -0.2) is 9.78 Å². The lowest BCUT2D eigenvalue weighted by molar-refractivity contribution is -0.384. The zero-order chi connectivity index (χ0) is 21.2. The third kappa shape index (κ3) is 5.03. The second-order valence-electron chi connectivity index (χ2n) is 8.09. The van der Waals surface area contributed by atoms with Crippen LogP contribution in [0.5, 0.6) is 0 Å². The quantitative estimate of drug-likeness (QED) is 0.454. The van der Waals surface area contributed by atoms with Gasteiger partial charge in [0.05, 0.1) is 4.92 Å². The highest BCUT2D eigenvalue weighted by atomic mass is 79.9. The lowest BCUT2D eigenvalue weighted by Crippen LogP contribution is -2.47. The fraction of sp³-hybridized carbons (Fsp3) is 0.400. The Labute approximate surface area is 177 Å². The number of rotatable bonds is 5. The van der Waals surface area contributed by atoms with Crippen LogP contribution in [0.4, 0.5) is 22.0 Å². The second kappa shape index (κ2) is 7.98. The summed E-state index contributed by atoms with van der Waals surface area (Å²) < 4.78 is 6.31. The van der Waals surface area contributed by atoms with Gasteiger partial charge in [-0.1, -0.05) is 12.1 Å². The first kappa shape index (κ1) is 21.0. The first-order chi connectivity index (χ1) is 13.6. The van der Waals surface area contributed by atoms with Gasteiger partial charge in [-0.2, -0.15) is 0 Å². The van der Waals surface area contributed by atoms with Crippen molar-refractivity contribution in [1.29, 1.82) is 0 Å². The zero-order valence-electron chi connectivity index (χ0n) is 16.5. The largest absolute Gasteiger partial charge is 0.438 e. The molecule has 29 heavy (non-hydrogen) atoms. The number of nitro groups is 1. The van der Waals surface area contributed by atoms with Crippen molar-refractivity contribution in [2.45, 2.75) is 51.2 Å². The van der Waals surface area contributed by atoms with Gasteiger partial charge in [0.1, 0.15) is 5.60 Å². The van der Waals surface area contributed by atoms with Gasteiger partial charge in [-0.05, 0) is 73.7 Å². The Kier molecular flexibility index (Phi) is 5.79. The molecule has 1 saturated carbocycles. The molecule has 2 N–H and O–H groups in total. The normalized spacial score (nSPS) is 15.2. The van der Waals surface area contributed by atoms with Crippen molar-refractivity contribution in [2.75, 3.05) is 5.32 Å². The molecule has 0 bridgehead atoms. The summed E-state index contributed by atoms with van der Waals surface area (Å²) in [6, 6.07) is 8.74. The molecule has 3 rings (SSSR count). The summed E-state index contributed by atoms with van der Waals surface area (Å²) in [5, 5.41) is 17.1. The molecule has 0 spiro atoms. The van der Waals surface area contributed by atoms with Gasteiger partial charge in [-0.3, -0.25) is 10.1 Å². The summed E-state index contributed by atoms with van der Waals surface area (Å²) in [7, 11) is 0. The van der Waals surface area contributed by atoms with Gasteiger partial charge in [0.15, 0.2) is 0 Å². The van der Waals surface area contributed by atoms with Gasteiger partial charge in [-0.15, -0.1) is 0 Å². The summed E-state index contributed by atoms with van der Waals surface area (Å²) >= 11 is 3.19. The van der Waals surface area contributed by atoms with Crippen molar-refractivity contribution in [2.24, 2.45) is 0 Å². The summed E-state index contributed by atoms with van der Waals surface area (Å²) in [5.41, 5.74) is 0.427. The Morgan fingerprint density at radius 1 is 1.28 bits per heavy atom. The highest BCUT2D eigenvalue weighted by Gasteiger charge is 2.43. The van der Waals surface area contributed by atoms with Crippen molar-refractivity contribution in [3.8, 4) is 0 Å². The first-order valence-electron chi connectivity index (χ1n) is 9.27. The Bertz CT molecular complexity index is 921. The average Bonchev–Trinajstić information content (AvgIpc) is 2.59. The van der Waals surface area contributed by atoms with Crippen molar-refractivity contribution in [1.82, 2.24) is 10.3 Å². The van der Waals surface area contributed by atoms with Crippen LogP contribution in [-0.4, -0.2) is 21.5 Å². The van der Waals surface area contributed by atoms with Crippen LogP contribution in [0, 0.1) is 10.1 Å². The van der Waals surface area contributed by atoms with Crippen LogP contribution in [0.1, 0.15) is 45.6 Å². The topological polar surface area (TPSA) is 106 Å². The molecule has 0 unspecified atom stereocenters. The monoisotopic (exact) mass is 462 g/mol. The molecule has 1 aliphatic carbocycles. The molecule has 1 aromatic carbocycles. The maximum atomic E-state index is 12.3. The van der Waals surface area contributed by atoms with Gasteiger partial charge in [0, 0.05) is 28.0 Å². The fourth-order valence-electron chi connectivity index (χ4n) is 3.11. The van der Waals surface area contributed by atoms with Crippen LogP contribution >= 0.6 is 15.9 Å². The molecule has 0 radical (unpaired) electrons. The minimum atomic E-state index is -0.629. The number of ether oxygens (including phenoxy) is 1. The van der Waals surface area contributed by atoms with E-state index in [1.165, 1.54) is 12.3 Å². The molecule has 9 heteroatoms. The molecule has 0 atom stereocenters. The number of pyridine rings is 1. The van der Waals surface area contributed by atoms with Crippen LogP contribution in [0.2, 0.25) is 0 Å². The molecule has 2 aromatic rings. The average molecular weight is 463 g/mol. The predicted molar refractivity (Wildman–Crippen MR) is 113 cm³/mol. The van der Waals surface area contributed by atoms with Crippen LogP contribution in [-0.2, 0) is 10.3 Å². The van der Waals surface area contributed by atoms with E-state index in [1.807, 2.05) is 32.9 Å². The predicted octanol–water partition coefficient (Wildman–Crippen LogP) is 5.40. The minimum Gasteiger partial charge on any atom is -0.438 e. The Morgan fingerprint density at radius 2 is 1.93 bits per heavy atom. The van der Waals surface area contributed by atoms with Crippen molar-refractivity contribution in [3.05, 3.63) is 56.7 Å². The molecular formula is C20H23BrN4O4. The smallest absolute Gasteiger partial charge is 0.408 e. The van der Waals surface area contributed by atoms with E-state index in [-0.39, 0.29) is 17.0 Å². The number of alkyl carbamates (subject to hydrolysis) is 1. The summed E-state index contributed by atoms with van der Waals surface area (Å²) in [6.45, 7) is 5.70. The second-order valence-corrected chi connectivity index (χ2v) is 9.01. The van der Waals surface area contributed by atoms with Gasteiger partial charge in [0.2, 0.25) is 5.82 Å². The third-order valence-corrected chi connectivity index (χ3v) is 5.06. The number of amides is 1. The molecule has 1 aliphatic rings. The van der Waals surface area contributed by atoms with Gasteiger partial charge in [0.25, 0.3) is 0 Å². The highest BCUT2D eigenvalue weighted by molar-refractivity contribution is 9.10. The van der Waals surface area contributed by atoms with Crippen molar-refractivity contribution in [3.63, 3.8) is 0 Å². The third-order valence-electron chi connectivity index (χ3n) is 4.63. The zero-order valence-corrected chi connectivity index (χ0v) is 18.1. The molecule has 154 valence electrons. The fourth-order valence-corrected chi connectivity index (χ4v) is 3.43. The number of anilines is 2. The van der Waals surface area contributed by atoms with E-state index in [0.717, 1.165) is 24.8 Å². The number of carbonyl (C=O) groups is 1. The number of halogens is 1. The minimum absolute atomic E-state index is 0.124. The molecule has 8 nitrogen and oxygen atoms in total. The van der Waals surface area contributed by atoms with E-state index in [9.17, 15) is 14.9 Å². The molecule has 0 aliphatic heterocycles. The summed E-state index contributed by atoms with van der Waals surface area (Å²) in [4.78, 5) is 27.1. The Hall–Kier alpha value is -2.68. The molecular weight excluding hydrogens is 440 g/mol. The summed E-state index contributed by atoms with van der Waals surface area (Å²) in [5.74, 6) is 0.158. The van der Waals surface area contributed by atoms with Crippen LogP contribution in [0.3, 0.4) is 0 Å². The molecule has 1 aromatic heterocycles. The molecule has 0 saturated heterocycles. The number of nitrogens with zero attached hydrogens (tertiary/aromatic N) is 2. The van der Waals surface area contributed by atoms with E-state index in [0.29, 0.717) is 10.2 Å². The van der Waals surface area contributed by atoms with Crippen molar-refractivity contribution < 1.29 is 14.5 Å². The molecule has 1 fully saturated rings. The van der Waals surface area contributed by atoms with Gasteiger partial charge < -0.3 is 15.4 Å². The number of nitrogens with one attached hydrogen (secondary N) is 2. The SMILES string of the molecule is CC(C)(C)NC(=O)OC1(c2ccc(Nc3ncc(Br)cc3[N+](=O)[O-])cc2)CCC1. The Balaban J connectivity index is 1.76. The summed E-state index contributed by atoms with van der Waals surface area (Å²) in [6.07, 6.45) is 3.56.